The van der Waals surface area contributed by atoms with E-state index in [0.717, 1.165) is 5.56 Å². The van der Waals surface area contributed by atoms with Crippen LogP contribution in [0.1, 0.15) is 37.8 Å². The summed E-state index contributed by atoms with van der Waals surface area (Å²) in [6, 6.07) is 7.20. The molecule has 4 rings (SSSR count). The molecule has 0 aliphatic carbocycles. The minimum absolute atomic E-state index is 0.0108. The second-order valence-corrected chi connectivity index (χ2v) is 9.72. The normalized spacial score (nSPS) is 14.4. The van der Waals surface area contributed by atoms with Gasteiger partial charge in [0.2, 0.25) is 10.9 Å². The van der Waals surface area contributed by atoms with E-state index in [1.54, 1.807) is 41.4 Å². The van der Waals surface area contributed by atoms with Gasteiger partial charge in [0.05, 0.1) is 43.3 Å². The van der Waals surface area contributed by atoms with Crippen LogP contribution in [0.3, 0.4) is 0 Å². The van der Waals surface area contributed by atoms with Crippen LogP contribution in [0.25, 0.3) is 11.2 Å². The van der Waals surface area contributed by atoms with Crippen LogP contribution in [0, 0.1) is 12.3 Å². The van der Waals surface area contributed by atoms with E-state index in [0.29, 0.717) is 22.5 Å². The molecule has 4 aromatic rings. The number of carbonyl (C=O) groups excluding carboxylic acids is 1. The number of aromatic nitrogens is 5. The van der Waals surface area contributed by atoms with Gasteiger partial charge < -0.3 is 25.7 Å². The molecule has 4 N–H and O–H groups in total. The van der Waals surface area contributed by atoms with Gasteiger partial charge >= 0.3 is 5.97 Å². The van der Waals surface area contributed by atoms with Crippen molar-refractivity contribution in [3.63, 3.8) is 0 Å². The van der Waals surface area contributed by atoms with Crippen LogP contribution in [0.5, 0.6) is 0 Å². The van der Waals surface area contributed by atoms with Crippen LogP contribution in [0.15, 0.2) is 41.5 Å². The highest BCUT2D eigenvalue weighted by molar-refractivity contribution is 7.07. The molecule has 0 aliphatic heterocycles. The zero-order valence-corrected chi connectivity index (χ0v) is 23.0. The van der Waals surface area contributed by atoms with Gasteiger partial charge in [-0.25, -0.2) is 14.8 Å². The molecule has 3 heterocycles. The van der Waals surface area contributed by atoms with E-state index in [4.69, 9.17) is 43.7 Å². The number of imidazole rings is 1. The molecule has 13 heteroatoms. The van der Waals surface area contributed by atoms with Crippen molar-refractivity contribution in [1.29, 1.82) is 0 Å². The summed E-state index contributed by atoms with van der Waals surface area (Å²) in [5.41, 5.74) is 14.6. The molecule has 0 fully saturated rings. The molecule has 0 radical (unpaired) electrons. The predicted molar refractivity (Wildman–Crippen MR) is 149 cm³/mol. The van der Waals surface area contributed by atoms with Gasteiger partial charge in [-0.15, -0.1) is 23.7 Å². The molecule has 0 saturated heterocycles. The van der Waals surface area contributed by atoms with Crippen molar-refractivity contribution in [2.75, 3.05) is 24.7 Å². The van der Waals surface area contributed by atoms with Crippen molar-refractivity contribution >= 4 is 51.6 Å². The monoisotopic (exact) mass is 569 g/mol. The van der Waals surface area contributed by atoms with E-state index in [2.05, 4.69) is 25.9 Å². The number of terminal acetylenes is 1. The number of benzene rings is 1. The van der Waals surface area contributed by atoms with Gasteiger partial charge in [0.15, 0.2) is 11.5 Å². The zero-order chi connectivity index (χ0) is 28.0. The van der Waals surface area contributed by atoms with Gasteiger partial charge in [-0.05, 0) is 43.1 Å². The van der Waals surface area contributed by atoms with Crippen molar-refractivity contribution in [2.24, 2.45) is 0 Å². The maximum Gasteiger partial charge on any atom is 0.345 e. The Labute approximate surface area is 234 Å². The second kappa shape index (κ2) is 12.4. The minimum atomic E-state index is -1.51. The van der Waals surface area contributed by atoms with Crippen molar-refractivity contribution in [3.8, 4) is 12.3 Å². The predicted octanol–water partition coefficient (Wildman–Crippen LogP) is 3.75. The first kappa shape index (κ1) is 28.3. The Kier molecular flexibility index (Phi) is 8.98. The number of nitrogens with two attached hydrogens (primary N) is 2. The Bertz CT molecular complexity index is 1460. The van der Waals surface area contributed by atoms with E-state index < -0.39 is 23.9 Å². The molecule has 0 amide bonds. The molecule has 3 atom stereocenters. The molecular weight excluding hydrogens is 542 g/mol. The highest BCUT2D eigenvalue weighted by Gasteiger charge is 2.45. The molecule has 39 heavy (non-hydrogen) atoms. The summed E-state index contributed by atoms with van der Waals surface area (Å²) in [5.74, 6) is 2.20. The van der Waals surface area contributed by atoms with Crippen LogP contribution in [0.4, 0.5) is 11.5 Å². The fraction of sp³-hybridized carbons (Fsp3) is 0.346. The van der Waals surface area contributed by atoms with E-state index in [-0.39, 0.29) is 37.2 Å². The number of nitrogens with zero attached hydrogens (tertiary/aromatic N) is 5. The Morgan fingerprint density at radius 2 is 2.03 bits per heavy atom. The molecular formula is C26H28ClN7O4S. The molecule has 0 bridgehead atoms. The number of rotatable bonds is 12. The van der Waals surface area contributed by atoms with Crippen molar-refractivity contribution < 1.29 is 19.0 Å². The van der Waals surface area contributed by atoms with Crippen LogP contribution in [-0.2, 0) is 31.0 Å². The van der Waals surface area contributed by atoms with Gasteiger partial charge in [-0.2, -0.15) is 9.97 Å². The van der Waals surface area contributed by atoms with Crippen LogP contribution in [0.2, 0.25) is 5.28 Å². The van der Waals surface area contributed by atoms with Crippen molar-refractivity contribution in [2.45, 2.75) is 44.6 Å². The molecule has 0 spiro atoms. The number of anilines is 2. The third-order valence-electron chi connectivity index (χ3n) is 5.86. The Balaban J connectivity index is 1.60. The first-order chi connectivity index (χ1) is 18.8. The summed E-state index contributed by atoms with van der Waals surface area (Å²) in [5, 5.41) is 1.74. The van der Waals surface area contributed by atoms with Crippen molar-refractivity contribution in [1.82, 2.24) is 24.5 Å². The summed E-state index contributed by atoms with van der Waals surface area (Å²) in [7, 11) is 0. The number of esters is 1. The Morgan fingerprint density at radius 1 is 1.26 bits per heavy atom. The van der Waals surface area contributed by atoms with Crippen LogP contribution < -0.4 is 11.5 Å². The average molecular weight is 570 g/mol. The third-order valence-corrected chi connectivity index (χ3v) is 6.62. The molecule has 204 valence electrons. The Morgan fingerprint density at radius 3 is 2.69 bits per heavy atom. The van der Waals surface area contributed by atoms with E-state index >= 15 is 0 Å². The third kappa shape index (κ3) is 6.29. The SMILES string of the molecule is C#CCC(OC(C)COC(Cc1ccc(N)cc1)(C(=O)OCC)c1cscn1)n1cnc2c(N)nc(Cl)nc21. The topological polar surface area (TPSA) is 153 Å². The van der Waals surface area contributed by atoms with Gasteiger partial charge in [-0.1, -0.05) is 12.1 Å². The number of carbonyl (C=O) groups is 1. The first-order valence-electron chi connectivity index (χ1n) is 12.1. The standard InChI is InChI=1S/C26H28ClN7O4S/c1-4-6-20(34-14-30-21-22(29)32-25(27)33-23(21)34)38-16(3)12-37-26(24(35)36-5-2,19-13-39-15-31-19)11-17-7-9-18(28)10-8-17/h1,7-10,13-16,20H,5-6,11-12,28H2,2-3H3,(H2,29,32,33). The minimum Gasteiger partial charge on any atom is -0.464 e. The highest BCUT2D eigenvalue weighted by atomic mass is 35.5. The summed E-state index contributed by atoms with van der Waals surface area (Å²) in [4.78, 5) is 30.3. The number of hydrogen-bond donors (Lipinski definition) is 2. The summed E-state index contributed by atoms with van der Waals surface area (Å²) < 4.78 is 19.8. The lowest BCUT2D eigenvalue weighted by atomic mass is 9.91. The van der Waals surface area contributed by atoms with E-state index in [1.165, 1.54) is 17.7 Å². The number of halogens is 1. The average Bonchev–Trinajstić information content (AvgIpc) is 3.59. The smallest absolute Gasteiger partial charge is 0.345 e. The molecule has 0 saturated carbocycles. The van der Waals surface area contributed by atoms with Gasteiger partial charge in [-0.3, -0.25) is 4.57 Å². The van der Waals surface area contributed by atoms with Gasteiger partial charge in [0.1, 0.15) is 11.7 Å². The largest absolute Gasteiger partial charge is 0.464 e. The van der Waals surface area contributed by atoms with Crippen LogP contribution >= 0.6 is 22.9 Å². The number of hydrogen-bond acceptors (Lipinski definition) is 11. The first-order valence-corrected chi connectivity index (χ1v) is 13.4. The highest BCUT2D eigenvalue weighted by Crippen LogP contribution is 2.33. The number of nitrogen functional groups attached to an aromatic ring is 2. The summed E-state index contributed by atoms with van der Waals surface area (Å²) in [6.07, 6.45) is 6.32. The maximum atomic E-state index is 13.4. The molecule has 3 aromatic heterocycles. The summed E-state index contributed by atoms with van der Waals surface area (Å²) in [6.45, 7) is 3.73. The lowest BCUT2D eigenvalue weighted by molar-refractivity contribution is -0.183. The fourth-order valence-corrected chi connectivity index (χ4v) is 4.82. The molecule has 0 aliphatic rings. The lowest BCUT2D eigenvalue weighted by Crippen LogP contribution is -2.44. The lowest BCUT2D eigenvalue weighted by Gasteiger charge is -2.32. The maximum absolute atomic E-state index is 13.4. The number of thiazole rings is 1. The molecule has 1 aromatic carbocycles. The molecule has 3 unspecified atom stereocenters. The fourth-order valence-electron chi connectivity index (χ4n) is 4.04. The summed E-state index contributed by atoms with van der Waals surface area (Å²) >= 11 is 7.37. The van der Waals surface area contributed by atoms with Crippen LogP contribution in [-0.4, -0.2) is 49.8 Å². The quantitative estimate of drug-likeness (QED) is 0.112. The van der Waals surface area contributed by atoms with Gasteiger partial charge in [0.25, 0.3) is 0 Å². The van der Waals surface area contributed by atoms with Gasteiger partial charge in [0, 0.05) is 17.5 Å². The zero-order valence-electron chi connectivity index (χ0n) is 21.4. The number of fused-ring (bicyclic) bond motifs is 1. The molecule has 11 nitrogen and oxygen atoms in total. The van der Waals surface area contributed by atoms with E-state index in [1.807, 2.05) is 12.1 Å². The Hall–Kier alpha value is -3.76. The number of ether oxygens (including phenoxy) is 3. The van der Waals surface area contributed by atoms with E-state index in [9.17, 15) is 4.79 Å². The van der Waals surface area contributed by atoms with Crippen molar-refractivity contribution in [3.05, 3.63) is 58.0 Å². The second-order valence-electron chi connectivity index (χ2n) is 8.66.